The zero-order valence-corrected chi connectivity index (χ0v) is 18.1. The van der Waals surface area contributed by atoms with Gasteiger partial charge in [0, 0.05) is 31.9 Å². The lowest BCUT2D eigenvalue weighted by molar-refractivity contribution is -0.117. The Morgan fingerprint density at radius 3 is 2.07 bits per heavy atom. The first kappa shape index (κ1) is 21.5. The summed E-state index contributed by atoms with van der Waals surface area (Å²) in [5, 5.41) is 2.86. The van der Waals surface area contributed by atoms with E-state index in [0.717, 1.165) is 11.3 Å². The van der Waals surface area contributed by atoms with E-state index in [2.05, 4.69) is 26.1 Å². The lowest BCUT2D eigenvalue weighted by atomic mass is 9.87. The van der Waals surface area contributed by atoms with Crippen molar-refractivity contribution in [1.82, 2.24) is 9.21 Å². The molecule has 0 bridgehead atoms. The standard InChI is InChI=1S/C22H29N3O3S/c1-22(2,3)18-9-11-20(12-10-18)29(27,28)25-15-13-24(14-16-25)17-21(26)23-19-7-5-4-6-8-19/h4-12H,13-17H2,1-3H3,(H,23,26). The van der Waals surface area contributed by atoms with Gasteiger partial charge in [-0.1, -0.05) is 51.1 Å². The molecule has 7 heteroatoms. The molecule has 0 spiro atoms. The van der Waals surface area contributed by atoms with Gasteiger partial charge in [-0.3, -0.25) is 9.69 Å². The van der Waals surface area contributed by atoms with E-state index in [1.807, 2.05) is 47.4 Å². The fraction of sp³-hybridized carbons (Fsp3) is 0.409. The average Bonchev–Trinajstić information content (AvgIpc) is 2.68. The molecule has 2 aromatic rings. The summed E-state index contributed by atoms with van der Waals surface area (Å²) in [7, 11) is -3.52. The zero-order chi connectivity index (χ0) is 21.1. The predicted molar refractivity (Wildman–Crippen MR) is 115 cm³/mol. The normalized spacial score (nSPS) is 16.5. The highest BCUT2D eigenvalue weighted by Crippen LogP contribution is 2.25. The summed E-state index contributed by atoms with van der Waals surface area (Å²) < 4.78 is 27.4. The molecule has 156 valence electrons. The molecule has 0 unspecified atom stereocenters. The lowest BCUT2D eigenvalue weighted by Gasteiger charge is -2.33. The van der Waals surface area contributed by atoms with E-state index in [-0.39, 0.29) is 17.9 Å². The largest absolute Gasteiger partial charge is 0.325 e. The Morgan fingerprint density at radius 2 is 1.52 bits per heavy atom. The molecule has 3 rings (SSSR count). The van der Waals surface area contributed by atoms with E-state index in [1.165, 1.54) is 4.31 Å². The van der Waals surface area contributed by atoms with Gasteiger partial charge in [-0.2, -0.15) is 4.31 Å². The van der Waals surface area contributed by atoms with Crippen LogP contribution in [-0.2, 0) is 20.2 Å². The van der Waals surface area contributed by atoms with Crippen molar-refractivity contribution in [2.75, 3.05) is 38.0 Å². The van der Waals surface area contributed by atoms with Crippen LogP contribution in [0.25, 0.3) is 0 Å². The molecule has 2 aromatic carbocycles. The minimum atomic E-state index is -3.52. The molecular weight excluding hydrogens is 386 g/mol. The van der Waals surface area contributed by atoms with Crippen LogP contribution >= 0.6 is 0 Å². The topological polar surface area (TPSA) is 69.7 Å². The van der Waals surface area contributed by atoms with Crippen LogP contribution in [0.15, 0.2) is 59.5 Å². The molecule has 1 aliphatic heterocycles. The number of anilines is 1. The Morgan fingerprint density at radius 1 is 0.931 bits per heavy atom. The second-order valence-corrected chi connectivity index (χ2v) is 10.3. The van der Waals surface area contributed by atoms with Crippen molar-refractivity contribution in [3.05, 3.63) is 60.2 Å². The number of carbonyl (C=O) groups is 1. The van der Waals surface area contributed by atoms with Crippen LogP contribution < -0.4 is 5.32 Å². The predicted octanol–water partition coefficient (Wildman–Crippen LogP) is 2.93. The summed E-state index contributed by atoms with van der Waals surface area (Å²) in [5.74, 6) is -0.0923. The molecule has 1 heterocycles. The van der Waals surface area contributed by atoms with Crippen molar-refractivity contribution in [2.24, 2.45) is 0 Å². The van der Waals surface area contributed by atoms with Gasteiger partial charge in [0.05, 0.1) is 11.4 Å². The van der Waals surface area contributed by atoms with Crippen molar-refractivity contribution in [2.45, 2.75) is 31.1 Å². The first-order valence-electron chi connectivity index (χ1n) is 9.84. The Bertz CT molecular complexity index is 928. The lowest BCUT2D eigenvalue weighted by Crippen LogP contribution is -2.50. The molecule has 0 atom stereocenters. The summed E-state index contributed by atoms with van der Waals surface area (Å²) in [4.78, 5) is 14.5. The van der Waals surface area contributed by atoms with Gasteiger partial charge >= 0.3 is 0 Å². The molecule has 1 N–H and O–H groups in total. The van der Waals surface area contributed by atoms with E-state index in [1.54, 1.807) is 12.1 Å². The highest BCUT2D eigenvalue weighted by Gasteiger charge is 2.29. The van der Waals surface area contributed by atoms with E-state index < -0.39 is 10.0 Å². The molecule has 6 nitrogen and oxygen atoms in total. The maximum absolute atomic E-state index is 12.9. The van der Waals surface area contributed by atoms with Crippen LogP contribution in [0.5, 0.6) is 0 Å². The summed E-state index contributed by atoms with van der Waals surface area (Å²) in [6.07, 6.45) is 0. The van der Waals surface area contributed by atoms with Crippen molar-refractivity contribution in [3.63, 3.8) is 0 Å². The Balaban J connectivity index is 1.56. The van der Waals surface area contributed by atoms with Crippen LogP contribution in [0.2, 0.25) is 0 Å². The molecular formula is C22H29N3O3S. The number of nitrogens with zero attached hydrogens (tertiary/aromatic N) is 2. The molecule has 1 amide bonds. The van der Waals surface area contributed by atoms with Gasteiger partial charge < -0.3 is 5.32 Å². The van der Waals surface area contributed by atoms with Crippen LogP contribution in [-0.4, -0.2) is 56.3 Å². The monoisotopic (exact) mass is 415 g/mol. The van der Waals surface area contributed by atoms with Gasteiger partial charge in [0.2, 0.25) is 15.9 Å². The number of nitrogens with one attached hydrogen (secondary N) is 1. The number of rotatable bonds is 5. The van der Waals surface area contributed by atoms with Crippen molar-refractivity contribution < 1.29 is 13.2 Å². The number of piperazine rings is 1. The van der Waals surface area contributed by atoms with Gasteiger partial charge in [-0.05, 0) is 35.2 Å². The molecule has 0 radical (unpaired) electrons. The number of benzene rings is 2. The van der Waals surface area contributed by atoms with E-state index in [0.29, 0.717) is 31.1 Å². The van der Waals surface area contributed by atoms with Crippen LogP contribution in [0.3, 0.4) is 0 Å². The molecule has 1 fully saturated rings. The van der Waals surface area contributed by atoms with Crippen LogP contribution in [0.4, 0.5) is 5.69 Å². The molecule has 1 saturated heterocycles. The SMILES string of the molecule is CC(C)(C)c1ccc(S(=O)(=O)N2CCN(CC(=O)Nc3ccccc3)CC2)cc1. The van der Waals surface area contributed by atoms with E-state index in [4.69, 9.17) is 0 Å². The number of hydrogen-bond acceptors (Lipinski definition) is 4. The van der Waals surface area contributed by atoms with Crippen molar-refractivity contribution >= 4 is 21.6 Å². The summed E-state index contributed by atoms with van der Waals surface area (Å²) in [5.41, 5.74) is 1.84. The maximum Gasteiger partial charge on any atom is 0.243 e. The Kier molecular flexibility index (Phi) is 6.41. The third kappa shape index (κ3) is 5.44. The van der Waals surface area contributed by atoms with Crippen LogP contribution in [0, 0.1) is 0 Å². The first-order valence-corrected chi connectivity index (χ1v) is 11.3. The highest BCUT2D eigenvalue weighted by molar-refractivity contribution is 7.89. The molecule has 0 aromatic heterocycles. The first-order chi connectivity index (χ1) is 13.7. The molecule has 29 heavy (non-hydrogen) atoms. The maximum atomic E-state index is 12.9. The van der Waals surface area contributed by atoms with Gasteiger partial charge in [0.25, 0.3) is 0 Å². The Hall–Kier alpha value is -2.22. The number of amides is 1. The van der Waals surface area contributed by atoms with Gasteiger partial charge in [0.15, 0.2) is 0 Å². The quantitative estimate of drug-likeness (QED) is 0.815. The second kappa shape index (κ2) is 8.65. The number of para-hydroxylation sites is 1. The fourth-order valence-electron chi connectivity index (χ4n) is 3.33. The van der Waals surface area contributed by atoms with Crippen molar-refractivity contribution in [1.29, 1.82) is 0 Å². The van der Waals surface area contributed by atoms with Gasteiger partial charge in [-0.25, -0.2) is 8.42 Å². The molecule has 0 saturated carbocycles. The Labute approximate surface area is 173 Å². The molecule has 0 aliphatic carbocycles. The van der Waals surface area contributed by atoms with Gasteiger partial charge in [0.1, 0.15) is 0 Å². The third-order valence-electron chi connectivity index (χ3n) is 5.11. The fourth-order valence-corrected chi connectivity index (χ4v) is 4.75. The molecule has 1 aliphatic rings. The van der Waals surface area contributed by atoms with E-state index in [9.17, 15) is 13.2 Å². The second-order valence-electron chi connectivity index (χ2n) is 8.37. The number of sulfonamides is 1. The number of hydrogen-bond donors (Lipinski definition) is 1. The summed E-state index contributed by atoms with van der Waals surface area (Å²) >= 11 is 0. The summed E-state index contributed by atoms with van der Waals surface area (Å²) in [6, 6.07) is 16.5. The number of carbonyl (C=O) groups excluding carboxylic acids is 1. The summed E-state index contributed by atoms with van der Waals surface area (Å²) in [6.45, 7) is 8.37. The smallest absolute Gasteiger partial charge is 0.243 e. The minimum absolute atomic E-state index is 0.0196. The van der Waals surface area contributed by atoms with Gasteiger partial charge in [-0.15, -0.1) is 0 Å². The highest BCUT2D eigenvalue weighted by atomic mass is 32.2. The third-order valence-corrected chi connectivity index (χ3v) is 7.03. The minimum Gasteiger partial charge on any atom is -0.325 e. The van der Waals surface area contributed by atoms with Crippen LogP contribution in [0.1, 0.15) is 26.3 Å². The van der Waals surface area contributed by atoms with E-state index >= 15 is 0 Å². The average molecular weight is 416 g/mol. The van der Waals surface area contributed by atoms with Crippen molar-refractivity contribution in [3.8, 4) is 0 Å². The zero-order valence-electron chi connectivity index (χ0n) is 17.3.